The molecule has 0 radical (unpaired) electrons. The van der Waals surface area contributed by atoms with E-state index in [0.717, 1.165) is 5.69 Å². The molecule has 5 nitrogen and oxygen atoms in total. The highest BCUT2D eigenvalue weighted by molar-refractivity contribution is 5.89. The van der Waals surface area contributed by atoms with Crippen LogP contribution >= 0.6 is 0 Å². The summed E-state index contributed by atoms with van der Waals surface area (Å²) in [5, 5.41) is 11.4. The minimum atomic E-state index is -0.370. The number of hydrogen-bond acceptors (Lipinski definition) is 4. The smallest absolute Gasteiger partial charge is 0.155 e. The average Bonchev–Trinajstić information content (AvgIpc) is 2.58. The van der Waals surface area contributed by atoms with Crippen molar-refractivity contribution in [1.29, 1.82) is 0 Å². The molecule has 0 spiro atoms. The summed E-state index contributed by atoms with van der Waals surface area (Å²) < 4.78 is 1.66. The van der Waals surface area contributed by atoms with E-state index in [1.54, 1.807) is 4.68 Å². The Morgan fingerprint density at radius 1 is 1.32 bits per heavy atom. The topological polar surface area (TPSA) is 59.8 Å². The summed E-state index contributed by atoms with van der Waals surface area (Å²) in [6.07, 6.45) is 2.43. The first kappa shape index (κ1) is 15.8. The van der Waals surface area contributed by atoms with E-state index in [2.05, 4.69) is 36.4 Å². The van der Waals surface area contributed by atoms with E-state index in [1.165, 1.54) is 0 Å². The fraction of sp³-hybridized carbons (Fsp3) is 0.786. The molecule has 0 aliphatic rings. The summed E-state index contributed by atoms with van der Waals surface area (Å²) >= 11 is 0. The van der Waals surface area contributed by atoms with Gasteiger partial charge in [-0.15, -0.1) is 5.10 Å². The van der Waals surface area contributed by atoms with Gasteiger partial charge < -0.3 is 5.32 Å². The zero-order chi connectivity index (χ0) is 14.8. The maximum atomic E-state index is 12.5. The summed E-state index contributed by atoms with van der Waals surface area (Å²) in [5.74, 6) is 0.202. The zero-order valence-electron chi connectivity index (χ0n) is 13.1. The lowest BCUT2D eigenvalue weighted by molar-refractivity contribution is -0.128. The molecular weight excluding hydrogens is 240 g/mol. The summed E-state index contributed by atoms with van der Waals surface area (Å²) in [7, 11) is 1.83. The Bertz CT molecular complexity index is 437. The van der Waals surface area contributed by atoms with E-state index >= 15 is 0 Å². The van der Waals surface area contributed by atoms with Crippen molar-refractivity contribution in [3.63, 3.8) is 0 Å². The van der Waals surface area contributed by atoms with Crippen LogP contribution < -0.4 is 5.32 Å². The van der Waals surface area contributed by atoms with E-state index in [-0.39, 0.29) is 22.8 Å². The maximum Gasteiger partial charge on any atom is 0.155 e. The molecule has 5 heteroatoms. The predicted octanol–water partition coefficient (Wildman–Crippen LogP) is 1.73. The lowest BCUT2D eigenvalue weighted by Gasteiger charge is -2.31. The summed E-state index contributed by atoms with van der Waals surface area (Å²) in [6.45, 7) is 12.0. The molecule has 0 saturated heterocycles. The van der Waals surface area contributed by atoms with Gasteiger partial charge in [-0.05, 0) is 20.8 Å². The van der Waals surface area contributed by atoms with Crippen LogP contribution in [0, 0.1) is 5.41 Å². The quantitative estimate of drug-likeness (QED) is 0.901. The van der Waals surface area contributed by atoms with Gasteiger partial charge in [-0.25, -0.2) is 0 Å². The Labute approximate surface area is 115 Å². The molecule has 1 rings (SSSR count). The first-order valence-corrected chi connectivity index (χ1v) is 6.66. The minimum absolute atomic E-state index is 0.117. The van der Waals surface area contributed by atoms with Crippen molar-refractivity contribution in [2.75, 3.05) is 0 Å². The average molecular weight is 266 g/mol. The van der Waals surface area contributed by atoms with Crippen molar-refractivity contribution in [2.45, 2.75) is 59.5 Å². The largest absolute Gasteiger partial charge is 0.302 e. The van der Waals surface area contributed by atoms with Gasteiger partial charge in [0, 0.05) is 30.6 Å². The third-order valence-electron chi connectivity index (χ3n) is 2.73. The van der Waals surface area contributed by atoms with Crippen molar-refractivity contribution in [3.8, 4) is 0 Å². The van der Waals surface area contributed by atoms with Crippen LogP contribution in [0.3, 0.4) is 0 Å². The Kier molecular flexibility index (Phi) is 4.50. The normalized spacial score (nSPS) is 14.5. The number of carbonyl (C=O) groups excluding carboxylic acids is 1. The van der Waals surface area contributed by atoms with Gasteiger partial charge in [-0.2, -0.15) is 0 Å². The Balaban J connectivity index is 2.90. The lowest BCUT2D eigenvalue weighted by atomic mass is 9.84. The number of nitrogens with one attached hydrogen (secondary N) is 1. The number of aromatic nitrogens is 3. The van der Waals surface area contributed by atoms with E-state index in [1.807, 2.05) is 34.0 Å². The van der Waals surface area contributed by atoms with Crippen LogP contribution in [0.4, 0.5) is 0 Å². The maximum absolute atomic E-state index is 12.5. The molecule has 1 N–H and O–H groups in total. The summed E-state index contributed by atoms with van der Waals surface area (Å²) in [4.78, 5) is 12.5. The molecule has 1 aromatic heterocycles. The lowest BCUT2D eigenvalue weighted by Crippen LogP contribution is -2.51. The molecule has 1 unspecified atom stereocenters. The predicted molar refractivity (Wildman–Crippen MR) is 75.8 cm³/mol. The summed E-state index contributed by atoms with van der Waals surface area (Å²) in [5.41, 5.74) is 0.348. The van der Waals surface area contributed by atoms with Gasteiger partial charge in [0.25, 0.3) is 0 Å². The molecule has 1 heterocycles. The standard InChI is InChI=1S/C14H26N4O/c1-13(2,3)12(19)11(15-14(4,5)6)8-10-9-18(7)17-16-10/h9,11,15H,8H2,1-7H3. The van der Waals surface area contributed by atoms with Crippen LogP contribution in [0.2, 0.25) is 0 Å². The third-order valence-corrected chi connectivity index (χ3v) is 2.73. The van der Waals surface area contributed by atoms with Crippen LogP contribution in [0.5, 0.6) is 0 Å². The van der Waals surface area contributed by atoms with Crippen LogP contribution in [-0.4, -0.2) is 32.4 Å². The number of carbonyl (C=O) groups is 1. The van der Waals surface area contributed by atoms with Crippen LogP contribution in [0.25, 0.3) is 0 Å². The van der Waals surface area contributed by atoms with Crippen molar-refractivity contribution in [2.24, 2.45) is 12.5 Å². The van der Waals surface area contributed by atoms with Gasteiger partial charge in [0.15, 0.2) is 5.78 Å². The van der Waals surface area contributed by atoms with Crippen molar-refractivity contribution < 1.29 is 4.79 Å². The Hall–Kier alpha value is -1.23. The molecule has 0 aromatic carbocycles. The minimum Gasteiger partial charge on any atom is -0.302 e. The fourth-order valence-corrected chi connectivity index (χ4v) is 1.95. The van der Waals surface area contributed by atoms with Crippen LogP contribution in [-0.2, 0) is 18.3 Å². The number of ketones is 1. The fourth-order valence-electron chi connectivity index (χ4n) is 1.95. The monoisotopic (exact) mass is 266 g/mol. The Morgan fingerprint density at radius 2 is 1.89 bits per heavy atom. The third kappa shape index (κ3) is 5.11. The molecule has 0 fully saturated rings. The van der Waals surface area contributed by atoms with Crippen LogP contribution in [0.15, 0.2) is 6.20 Å². The van der Waals surface area contributed by atoms with Crippen molar-refractivity contribution in [1.82, 2.24) is 20.3 Å². The molecule has 0 bridgehead atoms. The first-order chi connectivity index (χ1) is 8.49. The van der Waals surface area contributed by atoms with Crippen molar-refractivity contribution >= 4 is 5.78 Å². The van der Waals surface area contributed by atoms with Crippen LogP contribution in [0.1, 0.15) is 47.2 Å². The number of hydrogen-bond donors (Lipinski definition) is 1. The zero-order valence-corrected chi connectivity index (χ0v) is 13.1. The molecule has 1 atom stereocenters. The molecule has 1 aromatic rings. The van der Waals surface area contributed by atoms with E-state index in [9.17, 15) is 4.79 Å². The van der Waals surface area contributed by atoms with E-state index in [4.69, 9.17) is 0 Å². The van der Waals surface area contributed by atoms with Gasteiger partial charge in [-0.1, -0.05) is 26.0 Å². The van der Waals surface area contributed by atoms with Crippen molar-refractivity contribution in [3.05, 3.63) is 11.9 Å². The first-order valence-electron chi connectivity index (χ1n) is 6.66. The number of aryl methyl sites for hydroxylation is 1. The van der Waals surface area contributed by atoms with Gasteiger partial charge in [0.05, 0.1) is 11.7 Å². The molecule has 0 amide bonds. The highest BCUT2D eigenvalue weighted by Crippen LogP contribution is 2.20. The molecule has 19 heavy (non-hydrogen) atoms. The summed E-state index contributed by atoms with van der Waals surface area (Å²) in [6, 6.07) is -0.239. The van der Waals surface area contributed by atoms with Gasteiger partial charge in [0.2, 0.25) is 0 Å². The second-order valence-electron chi connectivity index (χ2n) is 7.15. The Morgan fingerprint density at radius 3 is 2.26 bits per heavy atom. The number of Topliss-reactive ketones (excluding diaryl/α,β-unsaturated/α-hetero) is 1. The SMILES string of the molecule is Cn1cc(CC(NC(C)(C)C)C(=O)C(C)(C)C)nn1. The molecule has 0 saturated carbocycles. The molecule has 0 aliphatic heterocycles. The second kappa shape index (κ2) is 5.41. The highest BCUT2D eigenvalue weighted by atomic mass is 16.1. The van der Waals surface area contributed by atoms with Gasteiger partial charge in [0.1, 0.15) is 0 Å². The second-order valence-corrected chi connectivity index (χ2v) is 7.15. The molecule has 0 aliphatic carbocycles. The highest BCUT2D eigenvalue weighted by Gasteiger charge is 2.32. The number of rotatable bonds is 4. The van der Waals surface area contributed by atoms with E-state index < -0.39 is 0 Å². The van der Waals surface area contributed by atoms with E-state index in [0.29, 0.717) is 6.42 Å². The van der Waals surface area contributed by atoms with Gasteiger partial charge in [-0.3, -0.25) is 9.48 Å². The number of nitrogens with zero attached hydrogens (tertiary/aromatic N) is 3. The van der Waals surface area contributed by atoms with Gasteiger partial charge >= 0.3 is 0 Å². The molecule has 108 valence electrons. The molecular formula is C14H26N4O.